The average Bonchev–Trinajstić information content (AvgIpc) is 2.69. The van der Waals surface area contributed by atoms with Crippen LogP contribution >= 0.6 is 0 Å². The van der Waals surface area contributed by atoms with Crippen LogP contribution in [0.25, 0.3) is 0 Å². The first-order chi connectivity index (χ1) is 8.99. The molecule has 1 atom stereocenters. The van der Waals surface area contributed by atoms with Gasteiger partial charge in [-0.1, -0.05) is 30.3 Å². The summed E-state index contributed by atoms with van der Waals surface area (Å²) in [6.07, 6.45) is 0. The summed E-state index contributed by atoms with van der Waals surface area (Å²) in [4.78, 5) is 4.29. The number of nitrogens with one attached hydrogen (secondary N) is 1. The Morgan fingerprint density at radius 3 is 2.53 bits per heavy atom. The molecule has 0 saturated carbocycles. The van der Waals surface area contributed by atoms with Gasteiger partial charge in [-0.3, -0.25) is 0 Å². The first kappa shape index (κ1) is 13.8. The van der Waals surface area contributed by atoms with Crippen molar-refractivity contribution < 1.29 is 9.52 Å². The Morgan fingerprint density at radius 2 is 1.95 bits per heavy atom. The minimum atomic E-state index is -0.905. The third-order valence-electron chi connectivity index (χ3n) is 3.21. The zero-order valence-electron chi connectivity index (χ0n) is 11.6. The molecule has 0 aliphatic carbocycles. The van der Waals surface area contributed by atoms with Gasteiger partial charge in [0.1, 0.15) is 5.76 Å². The molecule has 0 spiro atoms. The number of rotatable bonds is 5. The van der Waals surface area contributed by atoms with Crippen LogP contribution in [-0.4, -0.2) is 16.6 Å². The molecule has 102 valence electrons. The molecule has 2 N–H and O–H groups in total. The summed E-state index contributed by atoms with van der Waals surface area (Å²) < 4.78 is 5.48. The van der Waals surface area contributed by atoms with Crippen LogP contribution < -0.4 is 5.32 Å². The Kier molecular flexibility index (Phi) is 4.02. The zero-order chi connectivity index (χ0) is 13.9. The van der Waals surface area contributed by atoms with Crippen LogP contribution in [0, 0.1) is 13.8 Å². The molecule has 2 rings (SSSR count). The predicted molar refractivity (Wildman–Crippen MR) is 73.7 cm³/mol. The molecular weight excluding hydrogens is 240 g/mol. The molecule has 0 amide bonds. The minimum absolute atomic E-state index is 0.442. The zero-order valence-corrected chi connectivity index (χ0v) is 11.6. The van der Waals surface area contributed by atoms with Crippen molar-refractivity contribution >= 4 is 0 Å². The Hall–Kier alpha value is -1.65. The van der Waals surface area contributed by atoms with E-state index in [-0.39, 0.29) is 0 Å². The average molecular weight is 260 g/mol. The molecular formula is C15H20N2O2. The highest BCUT2D eigenvalue weighted by Crippen LogP contribution is 2.19. The van der Waals surface area contributed by atoms with Gasteiger partial charge in [0.25, 0.3) is 0 Å². The lowest BCUT2D eigenvalue weighted by Crippen LogP contribution is -2.35. The highest BCUT2D eigenvalue weighted by Gasteiger charge is 2.22. The van der Waals surface area contributed by atoms with Gasteiger partial charge in [0, 0.05) is 6.54 Å². The Balaban J connectivity index is 1.91. The smallest absolute Gasteiger partial charge is 0.208 e. The van der Waals surface area contributed by atoms with Crippen LogP contribution in [0.2, 0.25) is 0 Å². The maximum atomic E-state index is 10.4. The van der Waals surface area contributed by atoms with E-state index in [1.807, 2.05) is 44.2 Å². The molecule has 1 aromatic carbocycles. The van der Waals surface area contributed by atoms with Gasteiger partial charge in [-0.15, -0.1) is 0 Å². The summed E-state index contributed by atoms with van der Waals surface area (Å²) in [5.74, 6) is 1.49. The van der Waals surface area contributed by atoms with Crippen molar-refractivity contribution in [2.75, 3.05) is 6.54 Å². The topological polar surface area (TPSA) is 58.3 Å². The fourth-order valence-corrected chi connectivity index (χ4v) is 1.93. The second-order valence-electron chi connectivity index (χ2n) is 4.99. The van der Waals surface area contributed by atoms with Crippen LogP contribution in [0.5, 0.6) is 0 Å². The molecule has 1 unspecified atom stereocenters. The molecule has 0 fully saturated rings. The molecule has 4 heteroatoms. The molecule has 4 nitrogen and oxygen atoms in total. The van der Waals surface area contributed by atoms with Crippen molar-refractivity contribution in [1.29, 1.82) is 0 Å². The third kappa shape index (κ3) is 3.43. The van der Waals surface area contributed by atoms with Crippen LogP contribution in [0.4, 0.5) is 0 Å². The van der Waals surface area contributed by atoms with E-state index in [4.69, 9.17) is 4.42 Å². The number of hydrogen-bond acceptors (Lipinski definition) is 4. The minimum Gasteiger partial charge on any atom is -0.444 e. The molecule has 0 radical (unpaired) electrons. The van der Waals surface area contributed by atoms with Crippen LogP contribution in [0.3, 0.4) is 0 Å². The van der Waals surface area contributed by atoms with E-state index < -0.39 is 5.60 Å². The summed E-state index contributed by atoms with van der Waals surface area (Å²) in [6, 6.07) is 9.61. The third-order valence-corrected chi connectivity index (χ3v) is 3.21. The molecule has 2 aromatic rings. The van der Waals surface area contributed by atoms with Gasteiger partial charge >= 0.3 is 0 Å². The van der Waals surface area contributed by atoms with Gasteiger partial charge in [-0.25, -0.2) is 4.98 Å². The largest absolute Gasteiger partial charge is 0.444 e. The van der Waals surface area contributed by atoms with E-state index in [1.165, 1.54) is 0 Å². The molecule has 0 aliphatic heterocycles. The number of aromatic nitrogens is 1. The van der Waals surface area contributed by atoms with Crippen LogP contribution in [0.15, 0.2) is 34.7 Å². The van der Waals surface area contributed by atoms with E-state index in [9.17, 15) is 5.11 Å². The number of nitrogens with zero attached hydrogens (tertiary/aromatic N) is 1. The summed E-state index contributed by atoms with van der Waals surface area (Å²) >= 11 is 0. The number of aryl methyl sites for hydroxylation is 2. The molecule has 0 bridgehead atoms. The summed E-state index contributed by atoms with van der Waals surface area (Å²) in [5, 5.41) is 13.6. The van der Waals surface area contributed by atoms with Crippen molar-refractivity contribution in [1.82, 2.24) is 10.3 Å². The Morgan fingerprint density at radius 1 is 1.26 bits per heavy atom. The van der Waals surface area contributed by atoms with Crippen molar-refractivity contribution in [2.24, 2.45) is 0 Å². The Bertz CT molecular complexity index is 513. The van der Waals surface area contributed by atoms with Crippen molar-refractivity contribution in [3.63, 3.8) is 0 Å². The molecule has 0 aliphatic rings. The van der Waals surface area contributed by atoms with Crippen LogP contribution in [-0.2, 0) is 12.1 Å². The fourth-order valence-electron chi connectivity index (χ4n) is 1.93. The lowest BCUT2D eigenvalue weighted by Gasteiger charge is -2.24. The lowest BCUT2D eigenvalue weighted by atomic mass is 9.96. The van der Waals surface area contributed by atoms with Crippen molar-refractivity contribution in [3.05, 3.63) is 53.2 Å². The van der Waals surface area contributed by atoms with E-state index in [2.05, 4.69) is 10.3 Å². The van der Waals surface area contributed by atoms with Gasteiger partial charge in [0.2, 0.25) is 5.89 Å². The second-order valence-corrected chi connectivity index (χ2v) is 4.99. The maximum absolute atomic E-state index is 10.4. The summed E-state index contributed by atoms with van der Waals surface area (Å²) in [7, 11) is 0. The highest BCUT2D eigenvalue weighted by molar-refractivity contribution is 5.21. The standard InChI is InChI=1S/C15H20N2O2/c1-11-12(2)19-14(17-11)9-16-10-15(3,18)13-7-5-4-6-8-13/h4-8,16,18H,9-10H2,1-3H3. The molecule has 1 aromatic heterocycles. The summed E-state index contributed by atoms with van der Waals surface area (Å²) in [6.45, 7) is 6.56. The van der Waals surface area contributed by atoms with Gasteiger partial charge in [-0.2, -0.15) is 0 Å². The molecule has 19 heavy (non-hydrogen) atoms. The van der Waals surface area contributed by atoms with E-state index >= 15 is 0 Å². The number of aliphatic hydroxyl groups is 1. The molecule has 1 heterocycles. The fraction of sp³-hybridized carbons (Fsp3) is 0.400. The maximum Gasteiger partial charge on any atom is 0.208 e. The van der Waals surface area contributed by atoms with E-state index in [0.717, 1.165) is 17.0 Å². The second kappa shape index (κ2) is 5.55. The number of hydrogen-bond donors (Lipinski definition) is 2. The normalized spacial score (nSPS) is 14.3. The lowest BCUT2D eigenvalue weighted by molar-refractivity contribution is 0.0561. The number of oxazole rings is 1. The van der Waals surface area contributed by atoms with Gasteiger partial charge in [0.05, 0.1) is 17.8 Å². The molecule has 0 saturated heterocycles. The SMILES string of the molecule is Cc1nc(CNCC(C)(O)c2ccccc2)oc1C. The van der Waals surface area contributed by atoms with E-state index in [0.29, 0.717) is 19.0 Å². The highest BCUT2D eigenvalue weighted by atomic mass is 16.4. The van der Waals surface area contributed by atoms with Gasteiger partial charge < -0.3 is 14.8 Å². The number of benzene rings is 1. The van der Waals surface area contributed by atoms with Crippen LogP contribution in [0.1, 0.15) is 29.8 Å². The van der Waals surface area contributed by atoms with E-state index in [1.54, 1.807) is 6.92 Å². The van der Waals surface area contributed by atoms with Crippen molar-refractivity contribution in [3.8, 4) is 0 Å². The van der Waals surface area contributed by atoms with Crippen molar-refractivity contribution in [2.45, 2.75) is 32.9 Å². The first-order valence-corrected chi connectivity index (χ1v) is 6.40. The first-order valence-electron chi connectivity index (χ1n) is 6.40. The van der Waals surface area contributed by atoms with Gasteiger partial charge in [-0.05, 0) is 26.3 Å². The predicted octanol–water partition coefficient (Wildman–Crippen LogP) is 2.29. The Labute approximate surface area is 113 Å². The summed E-state index contributed by atoms with van der Waals surface area (Å²) in [5.41, 5.74) is 0.895. The van der Waals surface area contributed by atoms with Gasteiger partial charge in [0.15, 0.2) is 0 Å². The monoisotopic (exact) mass is 260 g/mol. The quantitative estimate of drug-likeness (QED) is 0.866.